The molecule has 6 heteroatoms. The third-order valence-corrected chi connectivity index (χ3v) is 5.21. The number of nitrogens with one attached hydrogen (secondary N) is 1. The molecule has 1 atom stereocenters. The summed E-state index contributed by atoms with van der Waals surface area (Å²) in [5.41, 5.74) is 10.6. The number of benzene rings is 2. The molecule has 0 aliphatic rings. The van der Waals surface area contributed by atoms with Crippen molar-refractivity contribution in [1.29, 1.82) is 0 Å². The van der Waals surface area contributed by atoms with Crippen LogP contribution in [0.25, 0.3) is 22.0 Å². The van der Waals surface area contributed by atoms with Crippen molar-refractivity contribution in [2.75, 3.05) is 6.61 Å². The Morgan fingerprint density at radius 3 is 2.70 bits per heavy atom. The molecule has 0 bridgehead atoms. The lowest BCUT2D eigenvalue weighted by atomic mass is 10.0. The maximum atomic E-state index is 10.1. The second-order valence-corrected chi connectivity index (χ2v) is 8.72. The van der Waals surface area contributed by atoms with Crippen LogP contribution in [-0.2, 0) is 6.42 Å². The van der Waals surface area contributed by atoms with Gasteiger partial charge in [-0.05, 0) is 62.4 Å². The largest absolute Gasteiger partial charge is 0.490 e. The number of aromatic amines is 1. The van der Waals surface area contributed by atoms with Crippen molar-refractivity contribution in [3.05, 3.63) is 77.7 Å². The normalized spacial score (nSPS) is 12.3. The Morgan fingerprint density at radius 1 is 1.15 bits per heavy atom. The lowest BCUT2D eigenvalue weighted by molar-refractivity contribution is 0.143. The van der Waals surface area contributed by atoms with Crippen molar-refractivity contribution in [2.45, 2.75) is 38.8 Å². The van der Waals surface area contributed by atoms with Crippen LogP contribution in [0.15, 0.2) is 60.8 Å². The smallest absolute Gasteiger partial charge is 0.138 e. The Kier molecular flexibility index (Phi) is 6.45. The molecule has 4 aromatic rings. The van der Waals surface area contributed by atoms with Gasteiger partial charge in [-0.15, -0.1) is 0 Å². The number of aliphatic hydroxyl groups is 1. The number of hydrogen-bond acceptors (Lipinski definition) is 5. The predicted octanol–water partition coefficient (Wildman–Crippen LogP) is 4.00. The summed E-state index contributed by atoms with van der Waals surface area (Å²) >= 11 is 0. The quantitative estimate of drug-likeness (QED) is 0.394. The Hall–Kier alpha value is -3.66. The summed E-state index contributed by atoms with van der Waals surface area (Å²) in [5, 5.41) is 18.4. The number of ether oxygens (including phenoxy) is 1. The molecule has 0 fully saturated rings. The van der Waals surface area contributed by atoms with E-state index in [1.54, 1.807) is 20.0 Å². The summed E-state index contributed by atoms with van der Waals surface area (Å²) in [6.45, 7) is 5.64. The molecular weight excluding hydrogens is 412 g/mol. The number of aromatic nitrogens is 3. The van der Waals surface area contributed by atoms with E-state index in [0.29, 0.717) is 18.1 Å². The average molecular weight is 441 g/mol. The van der Waals surface area contributed by atoms with Crippen LogP contribution in [0.5, 0.6) is 5.75 Å². The van der Waals surface area contributed by atoms with Crippen molar-refractivity contribution in [3.8, 4) is 28.7 Å². The van der Waals surface area contributed by atoms with Gasteiger partial charge in [-0.1, -0.05) is 42.3 Å². The third kappa shape index (κ3) is 5.78. The molecule has 2 heterocycles. The second kappa shape index (κ2) is 9.45. The van der Waals surface area contributed by atoms with Crippen LogP contribution in [0.1, 0.15) is 30.8 Å². The first-order chi connectivity index (χ1) is 15.8. The molecule has 0 unspecified atom stereocenters. The topological polar surface area (TPSA) is 97.0 Å². The molecule has 33 heavy (non-hydrogen) atoms. The molecule has 168 valence electrons. The Morgan fingerprint density at radius 2 is 1.94 bits per heavy atom. The van der Waals surface area contributed by atoms with Crippen molar-refractivity contribution in [3.63, 3.8) is 0 Å². The van der Waals surface area contributed by atoms with Gasteiger partial charge >= 0.3 is 0 Å². The van der Waals surface area contributed by atoms with Crippen LogP contribution in [0.3, 0.4) is 0 Å². The Balaban J connectivity index is 1.62. The van der Waals surface area contributed by atoms with Crippen molar-refractivity contribution in [2.24, 2.45) is 5.73 Å². The molecular formula is C27H28N4O2. The van der Waals surface area contributed by atoms with Gasteiger partial charge < -0.3 is 15.6 Å². The van der Waals surface area contributed by atoms with Gasteiger partial charge in [0.1, 0.15) is 23.7 Å². The zero-order valence-electron chi connectivity index (χ0n) is 19.1. The molecule has 2 aromatic carbocycles. The van der Waals surface area contributed by atoms with E-state index in [-0.39, 0.29) is 6.04 Å². The van der Waals surface area contributed by atoms with E-state index in [0.717, 1.165) is 34.1 Å². The second-order valence-electron chi connectivity index (χ2n) is 8.72. The van der Waals surface area contributed by atoms with Gasteiger partial charge in [0, 0.05) is 22.7 Å². The predicted molar refractivity (Wildman–Crippen MR) is 131 cm³/mol. The first-order valence-corrected chi connectivity index (χ1v) is 10.9. The molecule has 0 amide bonds. The van der Waals surface area contributed by atoms with Crippen LogP contribution in [0.4, 0.5) is 0 Å². The molecule has 0 radical (unpaired) electrons. The molecule has 4 N–H and O–H groups in total. The minimum Gasteiger partial charge on any atom is -0.490 e. The monoisotopic (exact) mass is 440 g/mol. The minimum absolute atomic E-state index is 0.143. The number of hydrogen-bond donors (Lipinski definition) is 3. The summed E-state index contributed by atoms with van der Waals surface area (Å²) in [4.78, 5) is 4.54. The average Bonchev–Trinajstić information content (AvgIpc) is 3.17. The van der Waals surface area contributed by atoms with Crippen molar-refractivity contribution >= 4 is 10.9 Å². The number of fused-ring (bicyclic) bond motifs is 1. The molecule has 0 saturated carbocycles. The summed E-state index contributed by atoms with van der Waals surface area (Å²) in [6.07, 6.45) is 2.38. The highest BCUT2D eigenvalue weighted by atomic mass is 16.5. The van der Waals surface area contributed by atoms with Crippen LogP contribution in [0.2, 0.25) is 0 Å². The summed E-state index contributed by atoms with van der Waals surface area (Å²) in [7, 11) is 0. The fraction of sp³-hybridized carbons (Fsp3) is 0.259. The molecule has 6 nitrogen and oxygen atoms in total. The van der Waals surface area contributed by atoms with E-state index < -0.39 is 5.60 Å². The number of H-pyrrole nitrogens is 1. The van der Waals surface area contributed by atoms with Crippen LogP contribution in [-0.4, -0.2) is 38.5 Å². The van der Waals surface area contributed by atoms with Crippen LogP contribution < -0.4 is 10.5 Å². The zero-order chi connectivity index (χ0) is 23.4. The van der Waals surface area contributed by atoms with E-state index >= 15 is 0 Å². The molecule has 2 aromatic heterocycles. The fourth-order valence-corrected chi connectivity index (χ4v) is 3.54. The molecule has 0 aliphatic heterocycles. The maximum absolute atomic E-state index is 10.1. The Labute approximate surface area is 193 Å². The van der Waals surface area contributed by atoms with Crippen LogP contribution >= 0.6 is 0 Å². The van der Waals surface area contributed by atoms with Gasteiger partial charge in [-0.25, -0.2) is 4.98 Å². The maximum Gasteiger partial charge on any atom is 0.138 e. The zero-order valence-corrected chi connectivity index (χ0v) is 19.1. The SMILES string of the molecule is Cc1[nH]nc2ccc(-c3cc(OC[C@@H](N)Cc4ccccc4)cnc3C#CC(C)(C)O)cc12. The number of nitrogens with two attached hydrogens (primary N) is 1. The summed E-state index contributed by atoms with van der Waals surface area (Å²) < 4.78 is 6.00. The number of aryl methyl sites for hydroxylation is 1. The van der Waals surface area contributed by atoms with Crippen molar-refractivity contribution in [1.82, 2.24) is 15.2 Å². The van der Waals surface area contributed by atoms with Gasteiger partial charge in [-0.2, -0.15) is 5.10 Å². The summed E-state index contributed by atoms with van der Waals surface area (Å²) in [6, 6.07) is 17.9. The van der Waals surface area contributed by atoms with E-state index in [9.17, 15) is 5.11 Å². The van der Waals surface area contributed by atoms with E-state index in [2.05, 4.69) is 45.2 Å². The highest BCUT2D eigenvalue weighted by Gasteiger charge is 2.13. The Bertz CT molecular complexity index is 1310. The van der Waals surface area contributed by atoms with E-state index in [4.69, 9.17) is 10.5 Å². The summed E-state index contributed by atoms with van der Waals surface area (Å²) in [5.74, 6) is 6.49. The van der Waals surface area contributed by atoms with Gasteiger partial charge in [0.2, 0.25) is 0 Å². The first-order valence-electron chi connectivity index (χ1n) is 10.9. The number of pyridine rings is 1. The third-order valence-electron chi connectivity index (χ3n) is 5.21. The standard InChI is InChI=1S/C27H28N4O2/c1-18-23-14-20(9-10-26(23)31-30-18)24-15-22(16-29-25(24)11-12-27(2,3)32)33-17-21(28)13-19-7-5-4-6-8-19/h4-10,14-16,21,32H,13,17,28H2,1-3H3,(H,30,31)/t21-/m0/s1. The molecule has 4 rings (SSSR count). The van der Waals surface area contributed by atoms with Crippen molar-refractivity contribution < 1.29 is 9.84 Å². The fourth-order valence-electron chi connectivity index (χ4n) is 3.54. The number of rotatable bonds is 6. The lowest BCUT2D eigenvalue weighted by Gasteiger charge is -2.15. The molecule has 0 saturated heterocycles. The van der Waals surface area contributed by atoms with Crippen LogP contribution in [0, 0.1) is 18.8 Å². The minimum atomic E-state index is -1.12. The van der Waals surface area contributed by atoms with Gasteiger partial charge in [0.15, 0.2) is 0 Å². The lowest BCUT2D eigenvalue weighted by Crippen LogP contribution is -2.30. The van der Waals surface area contributed by atoms with Gasteiger partial charge in [0.05, 0.1) is 11.7 Å². The molecule has 0 spiro atoms. The number of nitrogens with zero attached hydrogens (tertiary/aromatic N) is 2. The van der Waals surface area contributed by atoms with E-state index in [1.807, 2.05) is 43.3 Å². The molecule has 0 aliphatic carbocycles. The highest BCUT2D eigenvalue weighted by Crippen LogP contribution is 2.29. The van der Waals surface area contributed by atoms with E-state index in [1.165, 1.54) is 5.56 Å². The van der Waals surface area contributed by atoms with Gasteiger partial charge in [0.25, 0.3) is 0 Å². The first kappa shape index (κ1) is 22.5. The highest BCUT2D eigenvalue weighted by molar-refractivity contribution is 5.87. The van der Waals surface area contributed by atoms with Gasteiger partial charge in [-0.3, -0.25) is 5.10 Å².